The van der Waals surface area contributed by atoms with Gasteiger partial charge in [0.1, 0.15) is 28.9 Å². The number of hydrogen-bond acceptors (Lipinski definition) is 4. The quantitative estimate of drug-likeness (QED) is 0.756. The van der Waals surface area contributed by atoms with Crippen molar-refractivity contribution < 1.29 is 8.78 Å². The Bertz CT molecular complexity index is 818. The number of halogens is 3. The van der Waals surface area contributed by atoms with Crippen molar-refractivity contribution in [2.24, 2.45) is 0 Å². The van der Waals surface area contributed by atoms with E-state index in [0.717, 1.165) is 18.2 Å². The maximum absolute atomic E-state index is 13.6. The molecule has 0 aliphatic carbocycles. The second-order valence-corrected chi connectivity index (χ2v) is 4.80. The third-order valence-electron chi connectivity index (χ3n) is 3.06. The summed E-state index contributed by atoms with van der Waals surface area (Å²) in [6, 6.07) is 3.30. The van der Waals surface area contributed by atoms with E-state index in [1.165, 1.54) is 10.8 Å². The van der Waals surface area contributed by atoms with Gasteiger partial charge >= 0.3 is 0 Å². The van der Waals surface area contributed by atoms with Crippen LogP contribution in [-0.2, 0) is 6.54 Å². The number of anilines is 1. The Balaban J connectivity index is 1.96. The number of fused-ring (bicyclic) bond motifs is 1. The van der Waals surface area contributed by atoms with Gasteiger partial charge in [-0.25, -0.2) is 8.78 Å². The molecule has 0 amide bonds. The smallest absolute Gasteiger partial charge is 0.255 e. The van der Waals surface area contributed by atoms with Gasteiger partial charge in [0.2, 0.25) is 0 Å². The first kappa shape index (κ1) is 13.7. The van der Waals surface area contributed by atoms with Crippen molar-refractivity contribution in [3.63, 3.8) is 0 Å². The van der Waals surface area contributed by atoms with E-state index in [1.807, 2.05) is 0 Å². The second kappa shape index (κ2) is 5.25. The molecule has 2 aromatic heterocycles. The van der Waals surface area contributed by atoms with Crippen molar-refractivity contribution in [1.29, 1.82) is 0 Å². The zero-order valence-electron chi connectivity index (χ0n) is 10.9. The zero-order chi connectivity index (χ0) is 15.0. The van der Waals surface area contributed by atoms with Crippen LogP contribution in [0.1, 0.15) is 11.1 Å². The number of rotatable bonds is 3. The molecule has 0 radical (unpaired) electrons. The minimum absolute atomic E-state index is 0.0831. The lowest BCUT2D eigenvalue weighted by molar-refractivity contribution is 0.587. The molecule has 0 spiro atoms. The summed E-state index contributed by atoms with van der Waals surface area (Å²) in [6.45, 7) is 1.83. The van der Waals surface area contributed by atoms with Crippen LogP contribution < -0.4 is 5.32 Å². The third kappa shape index (κ3) is 2.52. The second-order valence-electron chi connectivity index (χ2n) is 4.44. The molecule has 3 rings (SSSR count). The average molecular weight is 310 g/mol. The predicted molar refractivity (Wildman–Crippen MR) is 74.2 cm³/mol. The lowest BCUT2D eigenvalue weighted by Crippen LogP contribution is -2.10. The van der Waals surface area contributed by atoms with Crippen LogP contribution in [0, 0.1) is 18.6 Å². The van der Waals surface area contributed by atoms with Crippen LogP contribution in [0.25, 0.3) is 5.78 Å². The van der Waals surface area contributed by atoms with E-state index in [9.17, 15) is 8.78 Å². The van der Waals surface area contributed by atoms with E-state index in [2.05, 4.69) is 20.4 Å². The SMILES string of the molecule is Cc1c(Cl)nc2ncnn2c1NCc1cc(F)ccc1F. The van der Waals surface area contributed by atoms with E-state index < -0.39 is 11.6 Å². The van der Waals surface area contributed by atoms with Crippen LogP contribution in [0.3, 0.4) is 0 Å². The maximum atomic E-state index is 13.6. The molecule has 0 aliphatic heterocycles. The fourth-order valence-electron chi connectivity index (χ4n) is 1.96. The standard InChI is InChI=1S/C13H10ClF2N5/c1-7-11(14)20-13-18-6-19-21(13)12(7)17-5-8-4-9(15)2-3-10(8)16/h2-4,6,17H,5H2,1H3. The molecule has 8 heteroatoms. The lowest BCUT2D eigenvalue weighted by atomic mass is 10.2. The summed E-state index contributed by atoms with van der Waals surface area (Å²) >= 11 is 6.02. The van der Waals surface area contributed by atoms with Gasteiger partial charge in [-0.1, -0.05) is 11.6 Å². The maximum Gasteiger partial charge on any atom is 0.255 e. The Morgan fingerprint density at radius 1 is 1.33 bits per heavy atom. The normalized spacial score (nSPS) is 11.0. The number of nitrogens with zero attached hydrogens (tertiary/aromatic N) is 4. The molecule has 1 aromatic carbocycles. The molecule has 3 aromatic rings. The first-order valence-electron chi connectivity index (χ1n) is 6.10. The van der Waals surface area contributed by atoms with E-state index >= 15 is 0 Å². The van der Waals surface area contributed by atoms with Crippen molar-refractivity contribution in [2.75, 3.05) is 5.32 Å². The van der Waals surface area contributed by atoms with Crippen molar-refractivity contribution in [3.8, 4) is 0 Å². The Morgan fingerprint density at radius 3 is 2.95 bits per heavy atom. The predicted octanol–water partition coefficient (Wildman–Crippen LogP) is 2.98. The van der Waals surface area contributed by atoms with Crippen molar-refractivity contribution in [2.45, 2.75) is 13.5 Å². The summed E-state index contributed by atoms with van der Waals surface area (Å²) in [7, 11) is 0. The molecule has 0 bridgehead atoms. The van der Waals surface area contributed by atoms with Crippen LogP contribution in [-0.4, -0.2) is 19.6 Å². The fraction of sp³-hybridized carbons (Fsp3) is 0.154. The molecule has 0 saturated carbocycles. The number of hydrogen-bond donors (Lipinski definition) is 1. The van der Waals surface area contributed by atoms with Gasteiger partial charge < -0.3 is 5.32 Å². The fourth-order valence-corrected chi connectivity index (χ4v) is 2.13. The van der Waals surface area contributed by atoms with Gasteiger partial charge in [0.05, 0.1) is 0 Å². The summed E-state index contributed by atoms with van der Waals surface area (Å²) in [6.07, 6.45) is 1.34. The molecule has 0 unspecified atom stereocenters. The van der Waals surface area contributed by atoms with Gasteiger partial charge in [0, 0.05) is 17.7 Å². The summed E-state index contributed by atoms with van der Waals surface area (Å²) < 4.78 is 28.2. The van der Waals surface area contributed by atoms with Crippen molar-refractivity contribution in [1.82, 2.24) is 19.6 Å². The van der Waals surface area contributed by atoms with E-state index in [4.69, 9.17) is 11.6 Å². The molecule has 0 aliphatic rings. The molecule has 2 heterocycles. The highest BCUT2D eigenvalue weighted by Gasteiger charge is 2.13. The van der Waals surface area contributed by atoms with E-state index in [-0.39, 0.29) is 17.3 Å². The Kier molecular flexibility index (Phi) is 3.42. The monoisotopic (exact) mass is 309 g/mol. The summed E-state index contributed by atoms with van der Waals surface area (Å²) in [5.74, 6) is -0.126. The summed E-state index contributed by atoms with van der Waals surface area (Å²) in [5.41, 5.74) is 0.849. The molecular weight excluding hydrogens is 300 g/mol. The van der Waals surface area contributed by atoms with Gasteiger partial charge in [0.25, 0.3) is 5.78 Å². The first-order valence-corrected chi connectivity index (χ1v) is 6.47. The van der Waals surface area contributed by atoms with Crippen molar-refractivity contribution >= 4 is 23.2 Å². The van der Waals surface area contributed by atoms with Crippen LogP contribution >= 0.6 is 11.6 Å². The number of benzene rings is 1. The van der Waals surface area contributed by atoms with E-state index in [1.54, 1.807) is 6.92 Å². The minimum Gasteiger partial charge on any atom is -0.365 e. The molecule has 21 heavy (non-hydrogen) atoms. The van der Waals surface area contributed by atoms with E-state index in [0.29, 0.717) is 17.2 Å². The topological polar surface area (TPSA) is 55.1 Å². The van der Waals surface area contributed by atoms with Gasteiger partial charge in [-0.2, -0.15) is 19.6 Å². The highest BCUT2D eigenvalue weighted by molar-refractivity contribution is 6.30. The largest absolute Gasteiger partial charge is 0.365 e. The minimum atomic E-state index is -0.497. The van der Waals surface area contributed by atoms with Crippen LogP contribution in [0.4, 0.5) is 14.6 Å². The highest BCUT2D eigenvalue weighted by atomic mass is 35.5. The highest BCUT2D eigenvalue weighted by Crippen LogP contribution is 2.23. The molecule has 108 valence electrons. The first-order chi connectivity index (χ1) is 10.1. The van der Waals surface area contributed by atoms with Gasteiger partial charge in [-0.3, -0.25) is 0 Å². The van der Waals surface area contributed by atoms with Crippen LogP contribution in [0.5, 0.6) is 0 Å². The molecule has 5 nitrogen and oxygen atoms in total. The lowest BCUT2D eigenvalue weighted by Gasteiger charge is -2.12. The molecule has 1 N–H and O–H groups in total. The van der Waals surface area contributed by atoms with Crippen LogP contribution in [0.15, 0.2) is 24.5 Å². The molecular formula is C13H10ClF2N5. The summed E-state index contributed by atoms with van der Waals surface area (Å²) in [4.78, 5) is 8.01. The molecule has 0 atom stereocenters. The van der Waals surface area contributed by atoms with Gasteiger partial charge in [0.15, 0.2) is 0 Å². The van der Waals surface area contributed by atoms with Gasteiger partial charge in [-0.15, -0.1) is 0 Å². The Morgan fingerprint density at radius 2 is 2.14 bits per heavy atom. The van der Waals surface area contributed by atoms with Crippen molar-refractivity contribution in [3.05, 3.63) is 52.4 Å². The average Bonchev–Trinajstić information content (AvgIpc) is 2.90. The number of nitrogens with one attached hydrogen (secondary N) is 1. The zero-order valence-corrected chi connectivity index (χ0v) is 11.7. The Hall–Kier alpha value is -2.28. The number of aromatic nitrogens is 4. The Labute approximate surface area is 123 Å². The van der Waals surface area contributed by atoms with Gasteiger partial charge in [-0.05, 0) is 25.1 Å². The molecule has 0 saturated heterocycles. The van der Waals surface area contributed by atoms with Crippen LogP contribution in [0.2, 0.25) is 5.15 Å². The summed E-state index contributed by atoms with van der Waals surface area (Å²) in [5, 5.41) is 7.30. The molecule has 0 fully saturated rings. The third-order valence-corrected chi connectivity index (χ3v) is 3.43.